The van der Waals surface area contributed by atoms with Crippen LogP contribution in [-0.4, -0.2) is 13.1 Å². The minimum atomic E-state index is -1.12. The number of halogens is 5. The highest BCUT2D eigenvalue weighted by Crippen LogP contribution is 2.40. The molecule has 2 aromatic rings. The molecule has 0 saturated carbocycles. The number of anilines is 1. The molecule has 0 aliphatic carbocycles. The second-order valence-corrected chi connectivity index (χ2v) is 5.73. The van der Waals surface area contributed by atoms with Crippen molar-refractivity contribution < 1.29 is 22.7 Å². The van der Waals surface area contributed by atoms with Crippen LogP contribution in [0.3, 0.4) is 0 Å². The molecule has 0 unspecified atom stereocenters. The summed E-state index contributed by atoms with van der Waals surface area (Å²) in [4.78, 5) is 11.6. The maximum atomic E-state index is 13.9. The van der Waals surface area contributed by atoms with Crippen LogP contribution in [0.2, 0.25) is 5.02 Å². The maximum absolute atomic E-state index is 13.9. The van der Waals surface area contributed by atoms with Crippen molar-refractivity contribution in [2.45, 2.75) is 0 Å². The van der Waals surface area contributed by atoms with Crippen molar-refractivity contribution in [2.75, 3.05) is 12.8 Å². The number of hydrogen-bond acceptors (Lipinski definition) is 3. The molecule has 0 radical (unpaired) electrons. The second kappa shape index (κ2) is 6.33. The molecule has 0 amide bonds. The Bertz CT molecular complexity index is 760. The van der Waals surface area contributed by atoms with E-state index in [-0.39, 0.29) is 25.4 Å². The SMILES string of the molecule is COC(=O)c1cc(Cl)c(-c2c(F)cc(F)cc2F)c(I)c1N. The Morgan fingerprint density at radius 1 is 1.18 bits per heavy atom. The van der Waals surface area contributed by atoms with Gasteiger partial charge in [0, 0.05) is 21.3 Å². The van der Waals surface area contributed by atoms with E-state index < -0.39 is 29.0 Å². The molecule has 0 saturated heterocycles. The van der Waals surface area contributed by atoms with Crippen molar-refractivity contribution >= 4 is 45.8 Å². The molecule has 0 fully saturated rings. The van der Waals surface area contributed by atoms with Crippen molar-refractivity contribution in [1.29, 1.82) is 0 Å². The molecule has 2 aromatic carbocycles. The summed E-state index contributed by atoms with van der Waals surface area (Å²) in [6.45, 7) is 0. The lowest BCUT2D eigenvalue weighted by atomic mass is 10.0. The van der Waals surface area contributed by atoms with Crippen LogP contribution in [0.4, 0.5) is 18.9 Å². The lowest BCUT2D eigenvalue weighted by Crippen LogP contribution is -2.09. The molecule has 116 valence electrons. The zero-order valence-electron chi connectivity index (χ0n) is 11.0. The molecule has 2 N–H and O–H groups in total. The van der Waals surface area contributed by atoms with Crippen molar-refractivity contribution in [3.63, 3.8) is 0 Å². The zero-order valence-corrected chi connectivity index (χ0v) is 13.9. The molecule has 0 atom stereocenters. The molecule has 8 heteroatoms. The lowest BCUT2D eigenvalue weighted by Gasteiger charge is -2.14. The Labute approximate surface area is 142 Å². The van der Waals surface area contributed by atoms with Crippen LogP contribution in [0.15, 0.2) is 18.2 Å². The Balaban J connectivity index is 2.79. The van der Waals surface area contributed by atoms with Crippen LogP contribution in [0.25, 0.3) is 11.1 Å². The summed E-state index contributed by atoms with van der Waals surface area (Å²) < 4.78 is 45.6. The zero-order chi connectivity index (χ0) is 16.6. The molecule has 22 heavy (non-hydrogen) atoms. The summed E-state index contributed by atoms with van der Waals surface area (Å²) in [5, 5.41) is -0.108. The van der Waals surface area contributed by atoms with Crippen LogP contribution in [-0.2, 0) is 4.74 Å². The van der Waals surface area contributed by atoms with E-state index in [2.05, 4.69) is 4.74 Å². The van der Waals surface area contributed by atoms with Gasteiger partial charge in [-0.15, -0.1) is 0 Å². The van der Waals surface area contributed by atoms with Crippen molar-refractivity contribution in [2.24, 2.45) is 0 Å². The van der Waals surface area contributed by atoms with E-state index in [0.29, 0.717) is 12.1 Å². The number of benzene rings is 2. The van der Waals surface area contributed by atoms with Gasteiger partial charge in [-0.2, -0.15) is 0 Å². The summed E-state index contributed by atoms with van der Waals surface area (Å²) in [6, 6.07) is 2.23. The van der Waals surface area contributed by atoms with Crippen molar-refractivity contribution in [3.05, 3.63) is 49.8 Å². The van der Waals surface area contributed by atoms with Gasteiger partial charge in [0.2, 0.25) is 0 Å². The number of carbonyl (C=O) groups excluding carboxylic acids is 1. The quantitative estimate of drug-likeness (QED) is 0.427. The molecule has 0 aromatic heterocycles. The topological polar surface area (TPSA) is 52.3 Å². The average molecular weight is 442 g/mol. The largest absolute Gasteiger partial charge is 0.465 e. The second-order valence-electron chi connectivity index (χ2n) is 4.24. The number of esters is 1. The first-order valence-electron chi connectivity index (χ1n) is 5.78. The van der Waals surface area contributed by atoms with E-state index in [4.69, 9.17) is 17.3 Å². The Kier molecular flexibility index (Phi) is 4.86. The normalized spacial score (nSPS) is 10.6. The van der Waals surface area contributed by atoms with Gasteiger partial charge in [-0.3, -0.25) is 0 Å². The fourth-order valence-corrected chi connectivity index (χ4v) is 3.23. The van der Waals surface area contributed by atoms with E-state index >= 15 is 0 Å². The average Bonchev–Trinajstić information content (AvgIpc) is 2.44. The number of nitrogens with two attached hydrogens (primary N) is 1. The Morgan fingerprint density at radius 2 is 1.73 bits per heavy atom. The molecule has 3 nitrogen and oxygen atoms in total. The molecule has 0 bridgehead atoms. The number of hydrogen-bond donors (Lipinski definition) is 1. The third-order valence-corrected chi connectivity index (χ3v) is 4.34. The molecular formula is C14H8ClF3INO2. The van der Waals surface area contributed by atoms with Gasteiger partial charge >= 0.3 is 5.97 Å². The summed E-state index contributed by atoms with van der Waals surface area (Å²) >= 11 is 7.74. The monoisotopic (exact) mass is 441 g/mol. The summed E-state index contributed by atoms with van der Waals surface area (Å²) in [5.74, 6) is -4.03. The Hall–Kier alpha value is -1.48. The molecule has 0 aliphatic heterocycles. The van der Waals surface area contributed by atoms with Crippen LogP contribution < -0.4 is 5.73 Å². The lowest BCUT2D eigenvalue weighted by molar-refractivity contribution is 0.0602. The standard InChI is InChI=1S/C14H8ClF3INO2/c1-22-14(21)6-4-7(15)10(12(19)13(6)20)11-8(17)2-5(16)3-9(11)18/h2-4H,20H2,1H3. The van der Waals surface area contributed by atoms with Gasteiger partial charge < -0.3 is 10.5 Å². The number of ether oxygens (including phenoxy) is 1. The van der Waals surface area contributed by atoms with E-state index in [1.54, 1.807) is 22.6 Å². The van der Waals surface area contributed by atoms with Gasteiger partial charge in [0.1, 0.15) is 17.5 Å². The number of methoxy groups -OCH3 is 1. The molecule has 2 rings (SSSR count). The van der Waals surface area contributed by atoms with Crippen molar-refractivity contribution in [3.8, 4) is 11.1 Å². The first-order valence-corrected chi connectivity index (χ1v) is 7.24. The smallest absolute Gasteiger partial charge is 0.340 e. The van der Waals surface area contributed by atoms with Crippen LogP contribution in [0.5, 0.6) is 0 Å². The fourth-order valence-electron chi connectivity index (χ4n) is 1.92. The summed E-state index contributed by atoms with van der Waals surface area (Å²) in [6.07, 6.45) is 0. The highest BCUT2D eigenvalue weighted by Gasteiger charge is 2.24. The fraction of sp³-hybridized carbons (Fsp3) is 0.0714. The third kappa shape index (κ3) is 2.87. The van der Waals surface area contributed by atoms with Crippen LogP contribution in [0, 0.1) is 21.0 Å². The predicted octanol–water partition coefficient (Wildman–Crippen LogP) is 4.40. The summed E-state index contributed by atoms with van der Waals surface area (Å²) in [5.41, 5.74) is 5.19. The summed E-state index contributed by atoms with van der Waals surface area (Å²) in [7, 11) is 1.16. The van der Waals surface area contributed by atoms with E-state index in [9.17, 15) is 18.0 Å². The molecule has 0 heterocycles. The van der Waals surface area contributed by atoms with Gasteiger partial charge in [-0.05, 0) is 28.7 Å². The van der Waals surface area contributed by atoms with E-state index in [1.165, 1.54) is 0 Å². The molecule has 0 spiro atoms. The first-order chi connectivity index (χ1) is 10.3. The van der Waals surface area contributed by atoms with Crippen LogP contribution in [0.1, 0.15) is 10.4 Å². The predicted molar refractivity (Wildman–Crippen MR) is 85.2 cm³/mol. The minimum Gasteiger partial charge on any atom is -0.465 e. The Morgan fingerprint density at radius 3 is 2.23 bits per heavy atom. The van der Waals surface area contributed by atoms with Gasteiger partial charge in [-0.25, -0.2) is 18.0 Å². The first kappa shape index (κ1) is 16.9. The highest BCUT2D eigenvalue weighted by molar-refractivity contribution is 14.1. The highest BCUT2D eigenvalue weighted by atomic mass is 127. The minimum absolute atomic E-state index is 0.0245. The van der Waals surface area contributed by atoms with Gasteiger partial charge in [0.05, 0.1) is 28.9 Å². The maximum Gasteiger partial charge on any atom is 0.340 e. The number of nitrogen functional groups attached to an aromatic ring is 1. The number of carbonyl (C=O) groups is 1. The van der Waals surface area contributed by atoms with Gasteiger partial charge in [0.25, 0.3) is 0 Å². The van der Waals surface area contributed by atoms with E-state index in [0.717, 1.165) is 13.2 Å². The molecule has 0 aliphatic rings. The van der Waals surface area contributed by atoms with Gasteiger partial charge in [0.15, 0.2) is 0 Å². The van der Waals surface area contributed by atoms with Crippen molar-refractivity contribution in [1.82, 2.24) is 0 Å². The van der Waals surface area contributed by atoms with Gasteiger partial charge in [-0.1, -0.05) is 11.6 Å². The number of rotatable bonds is 2. The third-order valence-electron chi connectivity index (χ3n) is 2.92. The van der Waals surface area contributed by atoms with Crippen LogP contribution >= 0.6 is 34.2 Å². The molecular weight excluding hydrogens is 434 g/mol. The van der Waals surface area contributed by atoms with E-state index in [1.807, 2.05) is 0 Å².